The molecule has 110 valence electrons. The predicted octanol–water partition coefficient (Wildman–Crippen LogP) is 5.39. The van der Waals surface area contributed by atoms with E-state index in [1.54, 1.807) is 11.3 Å². The van der Waals surface area contributed by atoms with E-state index in [2.05, 4.69) is 54.7 Å². The maximum absolute atomic E-state index is 12.5. The van der Waals surface area contributed by atoms with Crippen LogP contribution in [0, 0.1) is 2.88 Å². The summed E-state index contributed by atoms with van der Waals surface area (Å²) in [6.07, 6.45) is 1.13. The van der Waals surface area contributed by atoms with Gasteiger partial charge in [-0.2, -0.15) is 0 Å². The van der Waals surface area contributed by atoms with Gasteiger partial charge in [0, 0.05) is 5.69 Å². The lowest BCUT2D eigenvalue weighted by Crippen LogP contribution is -2.15. The fourth-order valence-corrected chi connectivity index (χ4v) is 4.89. The third-order valence-corrected chi connectivity index (χ3v) is 6.30. The largest absolute Gasteiger partial charge is 0.322 e. The van der Waals surface area contributed by atoms with Gasteiger partial charge in [-0.15, -0.1) is 11.3 Å². The number of carbonyl (C=O) groups is 1. The highest BCUT2D eigenvalue weighted by atomic mass is 127. The molecule has 4 heteroatoms. The molecule has 21 heavy (non-hydrogen) atoms. The van der Waals surface area contributed by atoms with E-state index >= 15 is 0 Å². The Morgan fingerprint density at radius 2 is 2.14 bits per heavy atom. The van der Waals surface area contributed by atoms with E-state index in [9.17, 15) is 4.79 Å². The number of hydrogen-bond acceptors (Lipinski definition) is 2. The Morgan fingerprint density at radius 1 is 1.38 bits per heavy atom. The Labute approximate surface area is 143 Å². The summed E-state index contributed by atoms with van der Waals surface area (Å²) in [5.74, 6) is 0.471. The lowest BCUT2D eigenvalue weighted by molar-refractivity contribution is 0.102. The van der Waals surface area contributed by atoms with Gasteiger partial charge in [-0.05, 0) is 69.0 Å². The van der Waals surface area contributed by atoms with Crippen LogP contribution >= 0.6 is 33.9 Å². The predicted molar refractivity (Wildman–Crippen MR) is 97.5 cm³/mol. The van der Waals surface area contributed by atoms with E-state index in [4.69, 9.17) is 0 Å². The van der Waals surface area contributed by atoms with Crippen LogP contribution in [-0.2, 0) is 5.41 Å². The summed E-state index contributed by atoms with van der Waals surface area (Å²) < 4.78 is 1.03. The van der Waals surface area contributed by atoms with Crippen LogP contribution < -0.4 is 5.32 Å². The molecule has 0 aliphatic heterocycles. The normalized spacial score (nSPS) is 19.3. The highest BCUT2D eigenvalue weighted by Gasteiger charge is 2.36. The Balaban J connectivity index is 1.97. The molecule has 1 heterocycles. The first-order chi connectivity index (χ1) is 9.90. The average molecular weight is 411 g/mol. The minimum absolute atomic E-state index is 0.00837. The van der Waals surface area contributed by atoms with Crippen molar-refractivity contribution in [1.82, 2.24) is 0 Å². The highest BCUT2D eigenvalue weighted by molar-refractivity contribution is 14.1. The van der Waals surface area contributed by atoms with Gasteiger partial charge in [-0.1, -0.05) is 32.9 Å². The van der Waals surface area contributed by atoms with Crippen molar-refractivity contribution in [3.8, 4) is 0 Å². The number of halogens is 1. The molecule has 1 atom stereocenters. The van der Waals surface area contributed by atoms with E-state index < -0.39 is 0 Å². The summed E-state index contributed by atoms with van der Waals surface area (Å²) in [6.45, 7) is 6.81. The lowest BCUT2D eigenvalue weighted by atomic mass is 9.86. The molecule has 0 radical (unpaired) electrons. The number of anilines is 1. The summed E-state index contributed by atoms with van der Waals surface area (Å²) in [5, 5.41) is 5.07. The van der Waals surface area contributed by atoms with Crippen molar-refractivity contribution < 1.29 is 4.79 Å². The second-order valence-corrected chi connectivity index (χ2v) is 9.04. The summed E-state index contributed by atoms with van der Waals surface area (Å²) in [5.41, 5.74) is 4.60. The van der Waals surface area contributed by atoms with Crippen LogP contribution in [-0.4, -0.2) is 5.91 Å². The molecule has 1 aliphatic carbocycles. The molecule has 1 amide bonds. The molecule has 0 bridgehead atoms. The van der Waals surface area contributed by atoms with E-state index in [0.29, 0.717) is 5.92 Å². The van der Waals surface area contributed by atoms with Crippen molar-refractivity contribution in [2.24, 2.45) is 0 Å². The number of hydrogen-bond donors (Lipinski definition) is 1. The molecule has 0 saturated heterocycles. The zero-order valence-electron chi connectivity index (χ0n) is 12.4. The van der Waals surface area contributed by atoms with E-state index in [-0.39, 0.29) is 11.3 Å². The molecule has 0 saturated carbocycles. The number of rotatable bonds is 2. The van der Waals surface area contributed by atoms with E-state index in [1.165, 1.54) is 11.1 Å². The van der Waals surface area contributed by atoms with E-state index in [0.717, 1.165) is 20.6 Å². The molecule has 1 aromatic heterocycles. The smallest absolute Gasteiger partial charge is 0.257 e. The molecular weight excluding hydrogens is 393 g/mol. The lowest BCUT2D eigenvalue weighted by Gasteiger charge is -2.19. The zero-order chi connectivity index (χ0) is 15.2. The molecule has 1 aliphatic rings. The molecule has 1 N–H and O–H groups in total. The second kappa shape index (κ2) is 5.39. The van der Waals surface area contributed by atoms with Gasteiger partial charge in [0.2, 0.25) is 0 Å². The van der Waals surface area contributed by atoms with Gasteiger partial charge >= 0.3 is 0 Å². The van der Waals surface area contributed by atoms with Gasteiger partial charge in [-0.25, -0.2) is 0 Å². The second-order valence-electron chi connectivity index (χ2n) is 6.32. The maximum Gasteiger partial charge on any atom is 0.257 e. The Bertz CT molecular complexity index is 705. The molecule has 1 unspecified atom stereocenters. The third-order valence-electron chi connectivity index (χ3n) is 4.26. The molecule has 0 fully saturated rings. The van der Waals surface area contributed by atoms with Crippen molar-refractivity contribution in [2.45, 2.75) is 38.5 Å². The quantitative estimate of drug-likeness (QED) is 0.660. The average Bonchev–Trinajstić information content (AvgIpc) is 2.92. The summed E-state index contributed by atoms with van der Waals surface area (Å²) in [4.78, 5) is 12.5. The van der Waals surface area contributed by atoms with Crippen molar-refractivity contribution in [2.75, 3.05) is 5.32 Å². The first kappa shape index (κ1) is 15.0. The van der Waals surface area contributed by atoms with Gasteiger partial charge in [0.1, 0.15) is 0 Å². The first-order valence-electron chi connectivity index (χ1n) is 7.08. The SMILES string of the molecule is CC1CC(C)(C)c2cccc(NC(=O)c3ccsc3I)c21. The molecule has 1 aromatic carbocycles. The van der Waals surface area contributed by atoms with Gasteiger partial charge in [-0.3, -0.25) is 4.79 Å². The standard InChI is InChI=1S/C17H18INOS/c1-10-9-17(2,3)12-5-4-6-13(14(10)12)19-16(20)11-7-8-21-15(11)18/h4-8,10H,9H2,1-3H3,(H,19,20). The van der Waals surface area contributed by atoms with Gasteiger partial charge < -0.3 is 5.32 Å². The number of benzene rings is 1. The molecule has 3 rings (SSSR count). The highest BCUT2D eigenvalue weighted by Crippen LogP contribution is 2.48. The van der Waals surface area contributed by atoms with Crippen LogP contribution in [0.1, 0.15) is 54.6 Å². The number of carbonyl (C=O) groups excluding carboxylic acids is 1. The summed E-state index contributed by atoms with van der Waals surface area (Å²) in [7, 11) is 0. The van der Waals surface area contributed by atoms with Crippen LogP contribution in [0.3, 0.4) is 0 Å². The topological polar surface area (TPSA) is 29.1 Å². The number of amides is 1. The summed E-state index contributed by atoms with van der Waals surface area (Å²) >= 11 is 3.81. The molecular formula is C17H18INOS. The van der Waals surface area contributed by atoms with Gasteiger partial charge in [0.15, 0.2) is 0 Å². The fraction of sp³-hybridized carbons (Fsp3) is 0.353. The maximum atomic E-state index is 12.5. The Kier molecular flexibility index (Phi) is 3.86. The minimum atomic E-state index is -0.00837. The van der Waals surface area contributed by atoms with Crippen LogP contribution in [0.15, 0.2) is 29.6 Å². The Hall–Kier alpha value is -0.880. The third kappa shape index (κ3) is 2.63. The van der Waals surface area contributed by atoms with Gasteiger partial charge in [0.25, 0.3) is 5.91 Å². The molecule has 0 spiro atoms. The molecule has 2 nitrogen and oxygen atoms in total. The van der Waals surface area contributed by atoms with Crippen molar-refractivity contribution in [3.05, 3.63) is 49.2 Å². The van der Waals surface area contributed by atoms with Crippen LogP contribution in [0.25, 0.3) is 0 Å². The minimum Gasteiger partial charge on any atom is -0.322 e. The summed E-state index contributed by atoms with van der Waals surface area (Å²) in [6, 6.07) is 8.15. The first-order valence-corrected chi connectivity index (χ1v) is 9.04. The van der Waals surface area contributed by atoms with Crippen LogP contribution in [0.5, 0.6) is 0 Å². The van der Waals surface area contributed by atoms with Crippen LogP contribution in [0.2, 0.25) is 0 Å². The van der Waals surface area contributed by atoms with Crippen molar-refractivity contribution in [1.29, 1.82) is 0 Å². The Morgan fingerprint density at radius 3 is 2.81 bits per heavy atom. The monoisotopic (exact) mass is 411 g/mol. The molecule has 2 aromatic rings. The van der Waals surface area contributed by atoms with Gasteiger partial charge in [0.05, 0.1) is 8.45 Å². The van der Waals surface area contributed by atoms with Crippen LogP contribution in [0.4, 0.5) is 5.69 Å². The fourth-order valence-electron chi connectivity index (χ4n) is 3.42. The number of thiophene rings is 1. The van der Waals surface area contributed by atoms with E-state index in [1.807, 2.05) is 23.6 Å². The van der Waals surface area contributed by atoms with Crippen molar-refractivity contribution >= 4 is 45.5 Å². The number of fused-ring (bicyclic) bond motifs is 1. The van der Waals surface area contributed by atoms with Crippen molar-refractivity contribution in [3.63, 3.8) is 0 Å². The zero-order valence-corrected chi connectivity index (χ0v) is 15.3. The number of nitrogens with one attached hydrogen (secondary N) is 1.